The fraction of sp³-hybridized carbons (Fsp3) is 0.830. The van der Waals surface area contributed by atoms with Gasteiger partial charge < -0.3 is 14.2 Å². The topological polar surface area (TPSA) is 78.9 Å². The lowest BCUT2D eigenvalue weighted by Crippen LogP contribution is -2.30. The van der Waals surface area contributed by atoms with Crippen LogP contribution in [-0.4, -0.2) is 37.2 Å². The standard InChI is InChI=1S/C53H96O6/c1-4-7-10-13-15-17-19-21-23-25-26-28-29-31-33-35-37-40-43-46-52(55)58-49-50(48-57-51(54)45-42-39-12-9-6-3)59-53(56)47-44-41-38-36-34-32-30-27-24-22-20-18-16-14-11-8-5-2/h15,17,21-24,50H,4-14,16,18-20,25-49H2,1-3H3/b17-15-,23-21-,24-22-. The van der Waals surface area contributed by atoms with Crippen molar-refractivity contribution in [1.29, 1.82) is 0 Å². The average molecular weight is 829 g/mol. The molecule has 6 nitrogen and oxygen atoms in total. The molecule has 0 aliphatic heterocycles. The van der Waals surface area contributed by atoms with Gasteiger partial charge in [0.15, 0.2) is 6.10 Å². The minimum atomic E-state index is -0.770. The Morgan fingerprint density at radius 1 is 0.339 bits per heavy atom. The van der Waals surface area contributed by atoms with Gasteiger partial charge in [0, 0.05) is 19.3 Å². The smallest absolute Gasteiger partial charge is 0.306 e. The summed E-state index contributed by atoms with van der Waals surface area (Å²) >= 11 is 0. The summed E-state index contributed by atoms with van der Waals surface area (Å²) in [7, 11) is 0. The molecule has 6 heteroatoms. The molecule has 344 valence electrons. The fourth-order valence-electron chi connectivity index (χ4n) is 7.23. The van der Waals surface area contributed by atoms with Crippen molar-refractivity contribution in [3.63, 3.8) is 0 Å². The van der Waals surface area contributed by atoms with Crippen LogP contribution in [0.1, 0.15) is 265 Å². The van der Waals surface area contributed by atoms with Crippen LogP contribution in [0.5, 0.6) is 0 Å². The van der Waals surface area contributed by atoms with Crippen molar-refractivity contribution in [3.8, 4) is 0 Å². The molecule has 0 aromatic heterocycles. The van der Waals surface area contributed by atoms with Gasteiger partial charge in [0.2, 0.25) is 0 Å². The molecule has 0 rings (SSSR count). The molecule has 0 bridgehead atoms. The first kappa shape index (κ1) is 56.6. The predicted octanol–water partition coefficient (Wildman–Crippen LogP) is 16.5. The summed E-state index contributed by atoms with van der Waals surface area (Å²) in [4.78, 5) is 37.6. The van der Waals surface area contributed by atoms with Crippen molar-refractivity contribution in [1.82, 2.24) is 0 Å². The van der Waals surface area contributed by atoms with Crippen molar-refractivity contribution in [3.05, 3.63) is 36.5 Å². The van der Waals surface area contributed by atoms with Crippen LogP contribution in [0, 0.1) is 0 Å². The Morgan fingerprint density at radius 3 is 0.983 bits per heavy atom. The molecule has 0 N–H and O–H groups in total. The van der Waals surface area contributed by atoms with Crippen LogP contribution in [0.25, 0.3) is 0 Å². The normalized spacial score (nSPS) is 12.3. The molecule has 1 atom stereocenters. The molecule has 0 aromatic rings. The Labute approximate surface area is 365 Å². The lowest BCUT2D eigenvalue weighted by atomic mass is 10.1. The average Bonchev–Trinajstić information content (AvgIpc) is 3.23. The molecular formula is C53H96O6. The summed E-state index contributed by atoms with van der Waals surface area (Å²) in [6, 6.07) is 0. The highest BCUT2D eigenvalue weighted by molar-refractivity contribution is 5.71. The number of allylic oxidation sites excluding steroid dienone is 6. The zero-order chi connectivity index (χ0) is 43.0. The van der Waals surface area contributed by atoms with Gasteiger partial charge in [0.1, 0.15) is 13.2 Å². The number of carbonyl (C=O) groups is 3. The van der Waals surface area contributed by atoms with E-state index >= 15 is 0 Å². The third kappa shape index (κ3) is 46.5. The molecular weight excluding hydrogens is 733 g/mol. The maximum absolute atomic E-state index is 12.7. The molecule has 59 heavy (non-hydrogen) atoms. The van der Waals surface area contributed by atoms with Gasteiger partial charge in [0.25, 0.3) is 0 Å². The zero-order valence-electron chi connectivity index (χ0n) is 39.3. The summed E-state index contributed by atoms with van der Waals surface area (Å²) in [5, 5.41) is 0. The van der Waals surface area contributed by atoms with Crippen LogP contribution >= 0.6 is 0 Å². The van der Waals surface area contributed by atoms with E-state index in [0.717, 1.165) is 70.6 Å². The maximum atomic E-state index is 12.7. The Morgan fingerprint density at radius 2 is 0.610 bits per heavy atom. The van der Waals surface area contributed by atoms with E-state index in [1.54, 1.807) is 0 Å². The maximum Gasteiger partial charge on any atom is 0.306 e. The van der Waals surface area contributed by atoms with Crippen LogP contribution in [0.4, 0.5) is 0 Å². The molecule has 0 heterocycles. The highest BCUT2D eigenvalue weighted by atomic mass is 16.6. The highest BCUT2D eigenvalue weighted by Gasteiger charge is 2.19. The van der Waals surface area contributed by atoms with E-state index in [-0.39, 0.29) is 31.1 Å². The van der Waals surface area contributed by atoms with E-state index in [0.29, 0.717) is 19.3 Å². The minimum Gasteiger partial charge on any atom is -0.462 e. The third-order valence-corrected chi connectivity index (χ3v) is 11.1. The number of esters is 3. The van der Waals surface area contributed by atoms with Crippen molar-refractivity contribution in [2.45, 2.75) is 271 Å². The zero-order valence-corrected chi connectivity index (χ0v) is 39.3. The number of ether oxygens (including phenoxy) is 3. The van der Waals surface area contributed by atoms with E-state index in [4.69, 9.17) is 14.2 Å². The van der Waals surface area contributed by atoms with Crippen molar-refractivity contribution >= 4 is 17.9 Å². The second kappa shape index (κ2) is 48.3. The fourth-order valence-corrected chi connectivity index (χ4v) is 7.23. The van der Waals surface area contributed by atoms with Gasteiger partial charge in [-0.15, -0.1) is 0 Å². The minimum absolute atomic E-state index is 0.0748. The third-order valence-electron chi connectivity index (χ3n) is 11.1. The Balaban J connectivity index is 4.16. The molecule has 0 radical (unpaired) electrons. The number of carbonyl (C=O) groups excluding carboxylic acids is 3. The molecule has 0 saturated carbocycles. The SMILES string of the molecule is CCCCC/C=C\C/C=C\CCCCCCCCCCCC(=O)OCC(COC(=O)CCCCCCC)OC(=O)CCCCCCCCC/C=C\CCCCCCCC. The largest absolute Gasteiger partial charge is 0.462 e. The summed E-state index contributed by atoms with van der Waals surface area (Å²) in [6.07, 6.45) is 55.9. The Kier molecular flexibility index (Phi) is 46.4. The van der Waals surface area contributed by atoms with Gasteiger partial charge in [-0.1, -0.05) is 205 Å². The van der Waals surface area contributed by atoms with Crippen LogP contribution in [0.2, 0.25) is 0 Å². The van der Waals surface area contributed by atoms with Gasteiger partial charge in [-0.2, -0.15) is 0 Å². The first-order valence-corrected chi connectivity index (χ1v) is 25.5. The molecule has 0 aromatic carbocycles. The van der Waals surface area contributed by atoms with Crippen molar-refractivity contribution in [2.24, 2.45) is 0 Å². The van der Waals surface area contributed by atoms with E-state index in [2.05, 4.69) is 57.2 Å². The van der Waals surface area contributed by atoms with E-state index < -0.39 is 6.10 Å². The van der Waals surface area contributed by atoms with Crippen molar-refractivity contribution < 1.29 is 28.6 Å². The molecule has 0 amide bonds. The van der Waals surface area contributed by atoms with Gasteiger partial charge in [-0.25, -0.2) is 0 Å². The molecule has 0 spiro atoms. The lowest BCUT2D eigenvalue weighted by molar-refractivity contribution is -0.167. The van der Waals surface area contributed by atoms with Gasteiger partial charge in [0.05, 0.1) is 0 Å². The van der Waals surface area contributed by atoms with Crippen LogP contribution in [0.3, 0.4) is 0 Å². The van der Waals surface area contributed by atoms with Gasteiger partial charge in [-0.05, 0) is 77.0 Å². The number of hydrogen-bond acceptors (Lipinski definition) is 6. The molecule has 0 saturated heterocycles. The number of unbranched alkanes of at least 4 members (excludes halogenated alkanes) is 29. The Bertz CT molecular complexity index is 1000. The summed E-state index contributed by atoms with van der Waals surface area (Å²) < 4.78 is 16.7. The second-order valence-corrected chi connectivity index (χ2v) is 17.1. The van der Waals surface area contributed by atoms with E-state index in [1.807, 2.05) is 0 Å². The number of rotatable bonds is 46. The number of hydrogen-bond donors (Lipinski definition) is 0. The molecule has 1 unspecified atom stereocenters. The van der Waals surface area contributed by atoms with Gasteiger partial charge >= 0.3 is 17.9 Å². The Hall–Kier alpha value is -2.37. The first-order valence-electron chi connectivity index (χ1n) is 25.5. The van der Waals surface area contributed by atoms with Gasteiger partial charge in [-0.3, -0.25) is 14.4 Å². The lowest BCUT2D eigenvalue weighted by Gasteiger charge is -2.18. The van der Waals surface area contributed by atoms with E-state index in [9.17, 15) is 14.4 Å². The van der Waals surface area contributed by atoms with E-state index in [1.165, 1.54) is 154 Å². The highest BCUT2D eigenvalue weighted by Crippen LogP contribution is 2.15. The summed E-state index contributed by atoms with van der Waals surface area (Å²) in [5.74, 6) is -0.889. The summed E-state index contributed by atoms with van der Waals surface area (Å²) in [5.41, 5.74) is 0. The molecule has 0 aliphatic carbocycles. The van der Waals surface area contributed by atoms with Crippen LogP contribution in [-0.2, 0) is 28.6 Å². The summed E-state index contributed by atoms with van der Waals surface area (Å²) in [6.45, 7) is 6.53. The van der Waals surface area contributed by atoms with Crippen LogP contribution in [0.15, 0.2) is 36.5 Å². The molecule has 0 fully saturated rings. The quantitative estimate of drug-likeness (QED) is 0.0263. The second-order valence-electron chi connectivity index (χ2n) is 17.1. The van der Waals surface area contributed by atoms with Crippen LogP contribution < -0.4 is 0 Å². The monoisotopic (exact) mass is 829 g/mol. The van der Waals surface area contributed by atoms with Crippen molar-refractivity contribution in [2.75, 3.05) is 13.2 Å². The first-order chi connectivity index (χ1) is 29.0. The molecule has 0 aliphatic rings. The predicted molar refractivity (Wildman–Crippen MR) is 252 cm³/mol.